The third-order valence-electron chi connectivity index (χ3n) is 7.54. The van der Waals surface area contributed by atoms with Crippen molar-refractivity contribution in [2.75, 3.05) is 53.4 Å². The van der Waals surface area contributed by atoms with E-state index in [4.69, 9.17) is 18.3 Å². The molecule has 9 nitrogen and oxygen atoms in total. The fourth-order valence-corrected chi connectivity index (χ4v) is 4.97. The molecule has 198 valence electrons. The SMILES string of the molecule is CN1CCCC(CCC(=O)c2ccc3ooc3c2)CC1.CN1CCN(C(=O)c2ccc3ooc3c2)CC1. The number of hydrogen-bond acceptors (Lipinski definition) is 8. The van der Waals surface area contributed by atoms with Gasteiger partial charge in [0, 0.05) is 55.9 Å². The maximum atomic E-state index is 12.2. The molecule has 2 aromatic heterocycles. The number of hydrogen-bond donors (Lipinski definition) is 0. The number of ketones is 1. The fourth-order valence-electron chi connectivity index (χ4n) is 4.97. The van der Waals surface area contributed by atoms with Gasteiger partial charge in [-0.1, -0.05) is 0 Å². The Morgan fingerprint density at radius 1 is 0.730 bits per heavy atom. The average molecular weight is 510 g/mol. The summed E-state index contributed by atoms with van der Waals surface area (Å²) >= 11 is 0. The maximum absolute atomic E-state index is 12.2. The van der Waals surface area contributed by atoms with Crippen LogP contribution in [0.5, 0.6) is 0 Å². The molecule has 4 aromatic rings. The Balaban J connectivity index is 0.000000153. The third-order valence-corrected chi connectivity index (χ3v) is 7.54. The molecule has 0 N–H and O–H groups in total. The highest BCUT2D eigenvalue weighted by Crippen LogP contribution is 2.25. The molecule has 2 aliphatic heterocycles. The van der Waals surface area contributed by atoms with Crippen molar-refractivity contribution in [2.24, 2.45) is 5.92 Å². The van der Waals surface area contributed by atoms with Crippen molar-refractivity contribution < 1.29 is 27.9 Å². The summed E-state index contributed by atoms with van der Waals surface area (Å²) in [6.07, 6.45) is 5.35. The van der Waals surface area contributed by atoms with Crippen molar-refractivity contribution in [3.8, 4) is 0 Å². The van der Waals surface area contributed by atoms with Gasteiger partial charge in [0.25, 0.3) is 5.91 Å². The van der Waals surface area contributed by atoms with E-state index in [1.165, 1.54) is 25.8 Å². The zero-order valence-electron chi connectivity index (χ0n) is 21.6. The van der Waals surface area contributed by atoms with Gasteiger partial charge in [-0.3, -0.25) is 27.9 Å². The van der Waals surface area contributed by atoms with E-state index in [1.807, 2.05) is 11.0 Å². The highest BCUT2D eigenvalue weighted by atomic mass is 17.0. The smallest absolute Gasteiger partial charge is 0.254 e. The van der Waals surface area contributed by atoms with E-state index in [0.717, 1.165) is 44.7 Å². The number of fused-ring (bicyclic) bond motifs is 2. The Kier molecular flexibility index (Phi) is 7.81. The van der Waals surface area contributed by atoms with Gasteiger partial charge >= 0.3 is 0 Å². The largest absolute Gasteiger partial charge is 0.336 e. The zero-order valence-corrected chi connectivity index (χ0v) is 21.6. The summed E-state index contributed by atoms with van der Waals surface area (Å²) in [5, 5.41) is 0. The standard InChI is InChI=1S/C16H21NO3.C12H14N2O3/c1-17-9-2-3-12(8-10-17)4-6-14(18)13-5-7-15-16(11-13)20-19-15;1-13-4-6-14(7-5-13)12(15)9-2-3-10-11(8-9)17-16-10/h5,7,11-12H,2-4,6,8-10H2,1H3;2-3,8H,4-7H2,1H3. The number of likely N-dealkylation sites (N-methyl/N-ethyl adjacent to an activating group) is 1. The Morgan fingerprint density at radius 2 is 1.32 bits per heavy atom. The van der Waals surface area contributed by atoms with E-state index in [1.54, 1.807) is 30.3 Å². The van der Waals surface area contributed by atoms with Crippen LogP contribution in [0.2, 0.25) is 0 Å². The van der Waals surface area contributed by atoms with Crippen molar-refractivity contribution in [1.29, 1.82) is 0 Å². The molecule has 0 radical (unpaired) electrons. The van der Waals surface area contributed by atoms with E-state index >= 15 is 0 Å². The Labute approximate surface area is 215 Å². The number of carbonyl (C=O) groups excluding carboxylic acids is 2. The molecule has 2 saturated heterocycles. The summed E-state index contributed by atoms with van der Waals surface area (Å²) in [5.74, 6) is 0.965. The summed E-state index contributed by atoms with van der Waals surface area (Å²) in [5.41, 5.74) is 4.12. The van der Waals surface area contributed by atoms with Gasteiger partial charge in [-0.15, -0.1) is 0 Å². The van der Waals surface area contributed by atoms with Gasteiger partial charge in [-0.05, 0) is 83.1 Å². The van der Waals surface area contributed by atoms with E-state index in [-0.39, 0.29) is 11.7 Å². The summed E-state index contributed by atoms with van der Waals surface area (Å²) in [7, 11) is 4.25. The van der Waals surface area contributed by atoms with Crippen molar-refractivity contribution in [2.45, 2.75) is 32.1 Å². The molecule has 0 spiro atoms. The number of likely N-dealkylation sites (tertiary alicyclic amines) is 1. The lowest BCUT2D eigenvalue weighted by Gasteiger charge is -2.32. The quantitative estimate of drug-likeness (QED) is 0.270. The minimum atomic E-state index is 0.0661. The zero-order chi connectivity index (χ0) is 25.8. The van der Waals surface area contributed by atoms with Gasteiger partial charge in [0.15, 0.2) is 5.78 Å². The number of Topliss-reactive ketones (excluding diaryl/α,β-unsaturated/α-hetero) is 1. The minimum absolute atomic E-state index is 0.0661. The molecule has 0 saturated carbocycles. The second-order valence-electron chi connectivity index (χ2n) is 10.3. The van der Waals surface area contributed by atoms with E-state index in [2.05, 4.69) is 23.9 Å². The maximum Gasteiger partial charge on any atom is 0.254 e. The number of amides is 1. The number of carbonyl (C=O) groups is 2. The topological polar surface area (TPSA) is 96.4 Å². The summed E-state index contributed by atoms with van der Waals surface area (Å²) in [6.45, 7) is 5.76. The van der Waals surface area contributed by atoms with Crippen molar-refractivity contribution >= 4 is 34.0 Å². The number of benzene rings is 2. The molecule has 2 aromatic carbocycles. The molecule has 4 heterocycles. The first-order chi connectivity index (χ1) is 18.0. The van der Waals surface area contributed by atoms with Gasteiger partial charge in [-0.25, -0.2) is 0 Å². The molecule has 1 unspecified atom stereocenters. The van der Waals surface area contributed by atoms with Crippen molar-refractivity contribution in [3.63, 3.8) is 0 Å². The number of rotatable bonds is 5. The van der Waals surface area contributed by atoms with Crippen LogP contribution in [0.15, 0.2) is 54.7 Å². The monoisotopic (exact) mass is 509 g/mol. The van der Waals surface area contributed by atoms with Gasteiger partial charge in [0.05, 0.1) is 0 Å². The molecular weight excluding hydrogens is 474 g/mol. The van der Waals surface area contributed by atoms with E-state index < -0.39 is 0 Å². The molecule has 9 heteroatoms. The van der Waals surface area contributed by atoms with Gasteiger partial charge in [0.1, 0.15) is 0 Å². The van der Waals surface area contributed by atoms with Crippen LogP contribution < -0.4 is 0 Å². The Bertz CT molecular complexity index is 1320. The first-order valence-corrected chi connectivity index (χ1v) is 13.1. The summed E-state index contributed by atoms with van der Waals surface area (Å²) in [6, 6.07) is 10.7. The third kappa shape index (κ3) is 6.17. The lowest BCUT2D eigenvalue weighted by Crippen LogP contribution is -2.47. The van der Waals surface area contributed by atoms with Gasteiger partial charge in [0.2, 0.25) is 22.3 Å². The van der Waals surface area contributed by atoms with Crippen LogP contribution in [0, 0.1) is 5.92 Å². The second-order valence-corrected chi connectivity index (χ2v) is 10.3. The van der Waals surface area contributed by atoms with Crippen LogP contribution in [-0.4, -0.2) is 79.8 Å². The highest BCUT2D eigenvalue weighted by Gasteiger charge is 2.21. The normalized spacial score (nSPS) is 19.6. The predicted octanol–water partition coefficient (Wildman–Crippen LogP) is 5.13. The molecule has 6 rings (SSSR count). The summed E-state index contributed by atoms with van der Waals surface area (Å²) < 4.78 is 19.1. The number of piperazine rings is 1. The lowest BCUT2D eigenvalue weighted by molar-refractivity contribution is 0.0580. The van der Waals surface area contributed by atoms with Crippen LogP contribution in [0.4, 0.5) is 0 Å². The summed E-state index contributed by atoms with van der Waals surface area (Å²) in [4.78, 5) is 30.9. The fraction of sp³-hybridized carbons (Fsp3) is 0.500. The van der Waals surface area contributed by atoms with Crippen LogP contribution in [0.1, 0.15) is 52.8 Å². The van der Waals surface area contributed by atoms with Gasteiger partial charge < -0.3 is 14.7 Å². The predicted molar refractivity (Wildman–Crippen MR) is 139 cm³/mol. The van der Waals surface area contributed by atoms with Crippen LogP contribution in [0.3, 0.4) is 0 Å². The lowest BCUT2D eigenvalue weighted by atomic mass is 9.93. The van der Waals surface area contributed by atoms with Gasteiger partial charge in [-0.2, -0.15) is 0 Å². The first-order valence-electron chi connectivity index (χ1n) is 13.1. The van der Waals surface area contributed by atoms with Crippen LogP contribution in [-0.2, 0) is 0 Å². The molecule has 2 aliphatic rings. The minimum Gasteiger partial charge on any atom is -0.336 e. The molecule has 0 bridgehead atoms. The highest BCUT2D eigenvalue weighted by molar-refractivity contribution is 5.98. The van der Waals surface area contributed by atoms with Crippen LogP contribution >= 0.6 is 0 Å². The molecule has 37 heavy (non-hydrogen) atoms. The molecule has 2 fully saturated rings. The van der Waals surface area contributed by atoms with Crippen LogP contribution in [0.25, 0.3) is 22.3 Å². The van der Waals surface area contributed by atoms with Crippen molar-refractivity contribution in [3.05, 3.63) is 47.5 Å². The molecule has 1 amide bonds. The van der Waals surface area contributed by atoms with Crippen molar-refractivity contribution in [1.82, 2.24) is 14.7 Å². The molecule has 0 aliphatic carbocycles. The molecular formula is C28H35N3O6. The number of nitrogens with zero attached hydrogens (tertiary/aromatic N) is 3. The molecule has 1 atom stereocenters. The van der Waals surface area contributed by atoms with E-state index in [9.17, 15) is 9.59 Å². The first kappa shape index (κ1) is 25.4. The van der Waals surface area contributed by atoms with E-state index in [0.29, 0.717) is 40.2 Å². The second kappa shape index (κ2) is 11.4. The Morgan fingerprint density at radius 3 is 1.95 bits per heavy atom. The Hall–Kier alpha value is -3.30. The average Bonchev–Trinajstić information content (AvgIpc) is 3.08.